The van der Waals surface area contributed by atoms with E-state index in [1.54, 1.807) is 6.92 Å². The Hall–Kier alpha value is -1.89. The maximum atomic E-state index is 12.0. The highest BCUT2D eigenvalue weighted by Gasteiger charge is 2.41. The van der Waals surface area contributed by atoms with Gasteiger partial charge in [0.15, 0.2) is 0 Å². The minimum absolute atomic E-state index is 0.0635. The molecule has 1 heterocycles. The van der Waals surface area contributed by atoms with Gasteiger partial charge in [-0.3, -0.25) is 9.59 Å². The van der Waals surface area contributed by atoms with Crippen LogP contribution in [-0.4, -0.2) is 32.0 Å². The van der Waals surface area contributed by atoms with Crippen LogP contribution in [0.2, 0.25) is 0 Å². The van der Waals surface area contributed by atoms with Gasteiger partial charge in [0.05, 0.1) is 17.4 Å². The summed E-state index contributed by atoms with van der Waals surface area (Å²) in [5.74, 6) is -1.37. The van der Waals surface area contributed by atoms with Gasteiger partial charge in [-0.25, -0.2) is 12.7 Å². The van der Waals surface area contributed by atoms with E-state index in [0.717, 1.165) is 10.7 Å². The molecule has 0 spiro atoms. The number of benzene rings is 1. The quantitative estimate of drug-likeness (QED) is 0.910. The van der Waals surface area contributed by atoms with E-state index in [-0.39, 0.29) is 23.4 Å². The Labute approximate surface area is 130 Å². The van der Waals surface area contributed by atoms with Crippen LogP contribution in [0.15, 0.2) is 24.3 Å². The zero-order valence-corrected chi connectivity index (χ0v) is 13.7. The number of anilines is 1. The van der Waals surface area contributed by atoms with Crippen LogP contribution in [0.3, 0.4) is 0 Å². The van der Waals surface area contributed by atoms with Crippen LogP contribution < -0.4 is 9.62 Å². The van der Waals surface area contributed by atoms with E-state index in [1.807, 2.05) is 13.8 Å². The molecule has 0 radical (unpaired) electrons. The SMILES string of the molecule is CCC(C)NC(=O)c1ccc(N2C(=O)C(C)CS2(=O)=O)cc1. The van der Waals surface area contributed by atoms with Crippen LogP contribution in [0, 0.1) is 5.92 Å². The molecule has 1 aliphatic heterocycles. The second kappa shape index (κ2) is 6.08. The molecular formula is C15H20N2O4S. The molecule has 7 heteroatoms. The van der Waals surface area contributed by atoms with Crippen LogP contribution in [0.4, 0.5) is 5.69 Å². The third-order valence-electron chi connectivity index (χ3n) is 3.71. The summed E-state index contributed by atoms with van der Waals surface area (Å²) >= 11 is 0. The van der Waals surface area contributed by atoms with Crippen molar-refractivity contribution in [2.45, 2.75) is 33.2 Å². The van der Waals surface area contributed by atoms with E-state index >= 15 is 0 Å². The Kier molecular flexibility index (Phi) is 4.55. The summed E-state index contributed by atoms with van der Waals surface area (Å²) in [6.07, 6.45) is 0.822. The highest BCUT2D eigenvalue weighted by Crippen LogP contribution is 2.28. The number of carbonyl (C=O) groups excluding carboxylic acids is 2. The third kappa shape index (κ3) is 3.14. The molecule has 1 fully saturated rings. The van der Waals surface area contributed by atoms with Gasteiger partial charge in [0.1, 0.15) is 0 Å². The summed E-state index contributed by atoms with van der Waals surface area (Å²) in [4.78, 5) is 24.0. The van der Waals surface area contributed by atoms with Crippen molar-refractivity contribution >= 4 is 27.5 Å². The zero-order valence-electron chi connectivity index (χ0n) is 12.9. The first-order valence-corrected chi connectivity index (χ1v) is 8.85. The summed E-state index contributed by atoms with van der Waals surface area (Å²) in [5, 5.41) is 2.83. The molecule has 1 saturated heterocycles. The number of amides is 2. The average Bonchev–Trinajstić information content (AvgIpc) is 2.67. The van der Waals surface area contributed by atoms with Crippen molar-refractivity contribution in [3.05, 3.63) is 29.8 Å². The van der Waals surface area contributed by atoms with Crippen molar-refractivity contribution in [2.75, 3.05) is 10.1 Å². The van der Waals surface area contributed by atoms with Crippen LogP contribution in [-0.2, 0) is 14.8 Å². The number of hydrogen-bond acceptors (Lipinski definition) is 4. The van der Waals surface area contributed by atoms with Crippen LogP contribution in [0.25, 0.3) is 0 Å². The molecule has 1 aromatic rings. The van der Waals surface area contributed by atoms with Gasteiger partial charge in [0, 0.05) is 11.6 Å². The molecule has 2 amide bonds. The molecule has 120 valence electrons. The number of nitrogens with one attached hydrogen (secondary N) is 1. The highest BCUT2D eigenvalue weighted by atomic mass is 32.2. The standard InChI is InChI=1S/C15H20N2O4S/c1-4-11(3)16-14(18)12-5-7-13(8-6-12)17-15(19)10(2)9-22(17,20)21/h5-8,10-11H,4,9H2,1-3H3,(H,16,18). The van der Waals surface area contributed by atoms with Crippen LogP contribution in [0.5, 0.6) is 0 Å². The topological polar surface area (TPSA) is 83.6 Å². The van der Waals surface area contributed by atoms with E-state index < -0.39 is 21.8 Å². The number of sulfonamides is 1. The van der Waals surface area contributed by atoms with Gasteiger partial charge in [-0.05, 0) is 37.6 Å². The molecule has 2 unspecified atom stereocenters. The summed E-state index contributed by atoms with van der Waals surface area (Å²) in [6, 6.07) is 6.09. The first-order valence-electron chi connectivity index (χ1n) is 7.24. The van der Waals surface area contributed by atoms with E-state index in [9.17, 15) is 18.0 Å². The van der Waals surface area contributed by atoms with Gasteiger partial charge >= 0.3 is 0 Å². The lowest BCUT2D eigenvalue weighted by molar-refractivity contribution is -0.119. The summed E-state index contributed by atoms with van der Waals surface area (Å²) in [6.45, 7) is 5.47. The predicted octanol–water partition coefficient (Wildman–Crippen LogP) is 1.53. The minimum atomic E-state index is -3.61. The first kappa shape index (κ1) is 16.5. The van der Waals surface area contributed by atoms with Crippen molar-refractivity contribution in [2.24, 2.45) is 5.92 Å². The molecule has 6 nitrogen and oxygen atoms in total. The zero-order chi connectivity index (χ0) is 16.5. The van der Waals surface area contributed by atoms with Gasteiger partial charge in [0.2, 0.25) is 15.9 Å². The smallest absolute Gasteiger partial charge is 0.251 e. The molecular weight excluding hydrogens is 304 g/mol. The number of carbonyl (C=O) groups is 2. The Morgan fingerprint density at radius 2 is 1.95 bits per heavy atom. The fraction of sp³-hybridized carbons (Fsp3) is 0.467. The number of rotatable bonds is 4. The van der Waals surface area contributed by atoms with E-state index in [0.29, 0.717) is 5.56 Å². The van der Waals surface area contributed by atoms with Gasteiger partial charge in [0.25, 0.3) is 5.91 Å². The number of nitrogens with zero attached hydrogens (tertiary/aromatic N) is 1. The molecule has 0 aliphatic carbocycles. The molecule has 0 aromatic heterocycles. The van der Waals surface area contributed by atoms with Gasteiger partial charge in [-0.15, -0.1) is 0 Å². The average molecular weight is 324 g/mol. The van der Waals surface area contributed by atoms with Crippen LogP contribution >= 0.6 is 0 Å². The molecule has 2 rings (SSSR count). The van der Waals surface area contributed by atoms with E-state index in [4.69, 9.17) is 0 Å². The first-order chi connectivity index (χ1) is 10.3. The van der Waals surface area contributed by atoms with Gasteiger partial charge in [-0.2, -0.15) is 0 Å². The maximum absolute atomic E-state index is 12.0. The minimum Gasteiger partial charge on any atom is -0.350 e. The molecule has 2 atom stereocenters. The fourth-order valence-electron chi connectivity index (χ4n) is 2.24. The van der Waals surface area contributed by atoms with Gasteiger partial charge < -0.3 is 5.32 Å². The lowest BCUT2D eigenvalue weighted by atomic mass is 10.1. The van der Waals surface area contributed by atoms with Crippen molar-refractivity contribution in [3.63, 3.8) is 0 Å². The van der Waals surface area contributed by atoms with Crippen molar-refractivity contribution in [1.29, 1.82) is 0 Å². The third-order valence-corrected chi connectivity index (χ3v) is 5.58. The second-order valence-corrected chi connectivity index (χ2v) is 7.47. The molecule has 22 heavy (non-hydrogen) atoms. The van der Waals surface area contributed by atoms with Gasteiger partial charge in [-0.1, -0.05) is 13.8 Å². The Morgan fingerprint density at radius 3 is 2.41 bits per heavy atom. The lowest BCUT2D eigenvalue weighted by Crippen LogP contribution is -2.32. The fourth-order valence-corrected chi connectivity index (χ4v) is 4.06. The summed E-state index contributed by atoms with van der Waals surface area (Å²) < 4.78 is 24.9. The number of hydrogen-bond donors (Lipinski definition) is 1. The largest absolute Gasteiger partial charge is 0.350 e. The van der Waals surface area contributed by atoms with Crippen molar-refractivity contribution in [1.82, 2.24) is 5.32 Å². The molecule has 0 bridgehead atoms. The Balaban J connectivity index is 2.22. The normalized spacial score (nSPS) is 21.7. The summed E-state index contributed by atoms with van der Waals surface area (Å²) in [7, 11) is -3.61. The summed E-state index contributed by atoms with van der Waals surface area (Å²) in [5.41, 5.74) is 0.704. The van der Waals surface area contributed by atoms with E-state index in [2.05, 4.69) is 5.32 Å². The second-order valence-electron chi connectivity index (χ2n) is 5.61. The molecule has 1 aliphatic rings. The van der Waals surface area contributed by atoms with Crippen molar-refractivity contribution in [3.8, 4) is 0 Å². The van der Waals surface area contributed by atoms with Crippen molar-refractivity contribution < 1.29 is 18.0 Å². The molecule has 1 aromatic carbocycles. The Bertz CT molecular complexity index is 682. The predicted molar refractivity (Wildman–Crippen MR) is 84.1 cm³/mol. The monoisotopic (exact) mass is 324 g/mol. The maximum Gasteiger partial charge on any atom is 0.251 e. The van der Waals surface area contributed by atoms with Crippen LogP contribution in [0.1, 0.15) is 37.6 Å². The van der Waals surface area contributed by atoms with E-state index in [1.165, 1.54) is 24.3 Å². The Morgan fingerprint density at radius 1 is 1.36 bits per heavy atom. The lowest BCUT2D eigenvalue weighted by Gasteiger charge is -2.16. The molecule has 0 saturated carbocycles. The molecule has 1 N–H and O–H groups in total. The highest BCUT2D eigenvalue weighted by molar-refractivity contribution is 7.94.